The Labute approximate surface area is 800 Å². The quantitative estimate of drug-likeness (QED) is 0.103. The first-order valence-electron chi connectivity index (χ1n) is 47.8. The monoisotopic (exact) mass is 1750 g/mol. The maximum Gasteiger partial charge on any atom is 0.0714 e. The maximum atomic E-state index is 2.53. The molecule has 0 atom stereocenters. The van der Waals surface area contributed by atoms with Crippen LogP contribution in [0.25, 0.3) is 199 Å². The maximum absolute atomic E-state index is 2.53. The Morgan fingerprint density at radius 2 is 0.362 bits per heavy atom. The molecule has 28 rings (SSSR count). The minimum absolute atomic E-state index is 0.508. The lowest BCUT2D eigenvalue weighted by molar-refractivity contribution is 0.769. The molecule has 0 N–H and O–H groups in total. The van der Waals surface area contributed by atoms with E-state index in [-0.39, 0.29) is 0 Å². The highest BCUT2D eigenvalue weighted by molar-refractivity contribution is 6.17. The Hall–Kier alpha value is -18.0. The fraction of sp³-hybridized carbons (Fsp3) is 0.0149. The number of hydrogen-bond donors (Lipinski definition) is 0. The SMILES string of the molecule is c1ccc(-c2ccc(-n3c4ccc(-c5ccc6c(c5)c5ccccc5n6-c5cccc(-c6ccccc6)c5)cc4c4cc5c(cc43)-c3ccccc3C5(c3ccccc3)c3ccccc3)cc2)cc1.c1ccc(-c2ccc(-n3c4ccc(-c5ccc6c(c5)c5ccccc5n6-c5cccc(-c6ccccc6)c5)cc4c4cc5c(cc43)C(c3ccccc3)(c3ccccc3)c3ccccc3-5)cc2)cc1. The summed E-state index contributed by atoms with van der Waals surface area (Å²) >= 11 is 0. The van der Waals surface area contributed by atoms with Crippen LogP contribution >= 0.6 is 0 Å². The summed E-state index contributed by atoms with van der Waals surface area (Å²) < 4.78 is 9.82. The lowest BCUT2D eigenvalue weighted by Crippen LogP contribution is -2.28. The number of hydrogen-bond acceptors (Lipinski definition) is 0. The average Bonchev–Trinajstić information content (AvgIpc) is 1.52. The summed E-state index contributed by atoms with van der Waals surface area (Å²) in [7, 11) is 0. The Morgan fingerprint density at radius 1 is 0.116 bits per heavy atom. The minimum atomic E-state index is -0.510. The van der Waals surface area contributed by atoms with Crippen LogP contribution in [0.3, 0.4) is 0 Å². The predicted octanol–water partition coefficient (Wildman–Crippen LogP) is 34.5. The van der Waals surface area contributed by atoms with Gasteiger partial charge in [-0.3, -0.25) is 0 Å². The number of para-hydroxylation sites is 2. The minimum Gasteiger partial charge on any atom is -0.309 e. The highest BCUT2D eigenvalue weighted by Gasteiger charge is 2.48. The van der Waals surface area contributed by atoms with Gasteiger partial charge in [0.15, 0.2) is 0 Å². The number of nitrogens with zero attached hydrogens (tertiary/aromatic N) is 4. The van der Waals surface area contributed by atoms with Gasteiger partial charge in [-0.25, -0.2) is 0 Å². The van der Waals surface area contributed by atoms with E-state index in [1.54, 1.807) is 0 Å². The fourth-order valence-corrected chi connectivity index (χ4v) is 23.5. The molecule has 0 fully saturated rings. The van der Waals surface area contributed by atoms with Crippen molar-refractivity contribution in [3.8, 4) is 112 Å². The van der Waals surface area contributed by atoms with Gasteiger partial charge in [0.1, 0.15) is 0 Å². The average molecular weight is 1750 g/mol. The van der Waals surface area contributed by atoms with Crippen LogP contribution in [0.1, 0.15) is 44.5 Å². The molecule has 2 aliphatic rings. The molecule has 2 aliphatic carbocycles. The summed E-state index contributed by atoms with van der Waals surface area (Å²) in [5.41, 5.74) is 42.9. The largest absolute Gasteiger partial charge is 0.309 e. The lowest BCUT2D eigenvalue weighted by Gasteiger charge is -2.34. The molecule has 4 nitrogen and oxygen atoms in total. The Balaban J connectivity index is 0.000000139. The van der Waals surface area contributed by atoms with Crippen LogP contribution in [0, 0.1) is 0 Å². The Kier molecular flexibility index (Phi) is 18.8. The van der Waals surface area contributed by atoms with Crippen molar-refractivity contribution in [2.75, 3.05) is 0 Å². The molecule has 22 aromatic carbocycles. The van der Waals surface area contributed by atoms with E-state index in [4.69, 9.17) is 0 Å². The molecule has 0 saturated heterocycles. The summed E-state index contributed by atoms with van der Waals surface area (Å²) in [4.78, 5) is 0. The highest BCUT2D eigenvalue weighted by atomic mass is 15.0. The van der Waals surface area contributed by atoms with Crippen LogP contribution in [0.2, 0.25) is 0 Å². The van der Waals surface area contributed by atoms with Crippen LogP contribution in [0.5, 0.6) is 0 Å². The van der Waals surface area contributed by atoms with Gasteiger partial charge in [0.25, 0.3) is 0 Å². The first kappa shape index (κ1) is 79.8. The standard InChI is InChI=1S/2C67H44N2/c1-5-18-45(19-6-1)47-32-36-53(37-33-47)68-65-39-35-50(49-34-38-64-58(41-49)56-29-14-16-31-63(56)69(64)54-27-17-22-48(40-54)46-20-7-2-8-21-46)42-59(65)60-43-62-57(44-66(60)68)55-28-13-15-30-61(55)67(62,51-23-9-3-10-24-51)52-25-11-4-12-26-52;1-5-18-45(19-6-1)47-32-36-53(37-33-47)68-65-39-35-50(49-34-38-64-58(41-49)56-29-14-16-31-63(56)69(64)54-27-17-22-48(40-54)46-20-7-2-8-21-46)42-59(65)60-43-57-55-28-13-15-30-61(55)67(62(57)44-66(60)68,51-23-9-3-10-24-51)52-25-11-4-12-26-52/h2*1-44H. The first-order valence-corrected chi connectivity index (χ1v) is 47.8. The molecule has 0 saturated carbocycles. The lowest BCUT2D eigenvalue weighted by atomic mass is 9.67. The molecule has 0 unspecified atom stereocenters. The second kappa shape index (κ2) is 32.5. The van der Waals surface area contributed by atoms with Crippen molar-refractivity contribution in [2.24, 2.45) is 0 Å². The second-order valence-corrected chi connectivity index (χ2v) is 36.8. The van der Waals surface area contributed by atoms with E-state index in [0.29, 0.717) is 0 Å². The number of benzene rings is 22. The third kappa shape index (κ3) is 12.6. The second-order valence-electron chi connectivity index (χ2n) is 36.8. The molecule has 0 bridgehead atoms. The number of rotatable bonds is 14. The van der Waals surface area contributed by atoms with Crippen LogP contribution < -0.4 is 0 Å². The Bertz CT molecular complexity index is 9170. The van der Waals surface area contributed by atoms with Crippen molar-refractivity contribution in [3.63, 3.8) is 0 Å². The van der Waals surface area contributed by atoms with Gasteiger partial charge >= 0.3 is 0 Å². The molecular weight excluding hydrogens is 1670 g/mol. The molecule has 0 radical (unpaired) electrons. The summed E-state index contributed by atoms with van der Waals surface area (Å²) in [6.07, 6.45) is 0. The van der Waals surface area contributed by atoms with Crippen LogP contribution in [-0.4, -0.2) is 18.3 Å². The van der Waals surface area contributed by atoms with E-state index < -0.39 is 10.8 Å². The van der Waals surface area contributed by atoms with Gasteiger partial charge in [0, 0.05) is 65.8 Å². The van der Waals surface area contributed by atoms with Gasteiger partial charge in [-0.2, -0.15) is 0 Å². The summed E-state index contributed by atoms with van der Waals surface area (Å²) in [6.45, 7) is 0. The van der Waals surface area contributed by atoms with Gasteiger partial charge in [-0.1, -0.05) is 400 Å². The molecule has 644 valence electrons. The molecule has 4 heteroatoms. The highest BCUT2D eigenvalue weighted by Crippen LogP contribution is 2.60. The fourth-order valence-electron chi connectivity index (χ4n) is 23.5. The van der Waals surface area contributed by atoms with Crippen LogP contribution in [-0.2, 0) is 10.8 Å². The molecule has 26 aromatic rings. The Morgan fingerprint density at radius 3 is 0.739 bits per heavy atom. The zero-order chi connectivity index (χ0) is 90.9. The van der Waals surface area contributed by atoms with E-state index in [0.717, 1.165) is 22.7 Å². The smallest absolute Gasteiger partial charge is 0.0714 e. The molecule has 4 aromatic heterocycles. The van der Waals surface area contributed by atoms with E-state index in [1.165, 1.54) is 221 Å². The van der Waals surface area contributed by atoms with Gasteiger partial charge in [0.05, 0.1) is 55.0 Å². The van der Waals surface area contributed by atoms with Gasteiger partial charge < -0.3 is 18.3 Å². The third-order valence-electron chi connectivity index (χ3n) is 29.6. The summed E-state index contributed by atoms with van der Waals surface area (Å²) in [5, 5.41) is 9.88. The van der Waals surface area contributed by atoms with E-state index in [9.17, 15) is 0 Å². The van der Waals surface area contributed by atoms with Crippen molar-refractivity contribution in [1.82, 2.24) is 18.3 Å². The zero-order valence-electron chi connectivity index (χ0n) is 75.6. The summed E-state index contributed by atoms with van der Waals surface area (Å²) in [5.74, 6) is 0. The van der Waals surface area contributed by atoms with Crippen molar-refractivity contribution < 1.29 is 0 Å². The van der Waals surface area contributed by atoms with E-state index in [1.807, 2.05) is 0 Å². The van der Waals surface area contributed by atoms with Crippen molar-refractivity contribution in [2.45, 2.75) is 10.8 Å². The summed E-state index contributed by atoms with van der Waals surface area (Å²) in [6, 6.07) is 197. The molecule has 0 amide bonds. The van der Waals surface area contributed by atoms with Crippen molar-refractivity contribution in [1.29, 1.82) is 0 Å². The topological polar surface area (TPSA) is 19.7 Å². The molecular formula is C134H88N4. The zero-order valence-corrected chi connectivity index (χ0v) is 75.6. The molecule has 0 spiro atoms. The molecule has 4 heterocycles. The van der Waals surface area contributed by atoms with E-state index >= 15 is 0 Å². The van der Waals surface area contributed by atoms with E-state index in [2.05, 4.69) is 552 Å². The van der Waals surface area contributed by atoms with Crippen LogP contribution in [0.4, 0.5) is 0 Å². The van der Waals surface area contributed by atoms with Crippen molar-refractivity contribution >= 4 is 87.2 Å². The first-order chi connectivity index (χ1) is 68.4. The number of fused-ring (bicyclic) bond motifs is 18. The van der Waals surface area contributed by atoms with Crippen molar-refractivity contribution in [3.05, 3.63) is 578 Å². The van der Waals surface area contributed by atoms with Crippen LogP contribution in [0.15, 0.2) is 534 Å². The normalized spacial score (nSPS) is 12.8. The molecule has 138 heavy (non-hydrogen) atoms. The third-order valence-corrected chi connectivity index (χ3v) is 29.6. The van der Waals surface area contributed by atoms with Gasteiger partial charge in [0.2, 0.25) is 0 Å². The number of aromatic nitrogens is 4. The molecule has 0 aliphatic heterocycles. The van der Waals surface area contributed by atoms with Gasteiger partial charge in [-0.05, 0) is 267 Å². The van der Waals surface area contributed by atoms with Gasteiger partial charge in [-0.15, -0.1) is 0 Å². The predicted molar refractivity (Wildman–Crippen MR) is 577 cm³/mol.